The van der Waals surface area contributed by atoms with E-state index in [1.54, 1.807) is 30.3 Å². The number of nitrogens with zero attached hydrogens (tertiary/aromatic N) is 1. The van der Waals surface area contributed by atoms with Crippen LogP contribution in [-0.2, 0) is 14.8 Å². The van der Waals surface area contributed by atoms with E-state index in [1.807, 2.05) is 36.4 Å². The van der Waals surface area contributed by atoms with E-state index in [9.17, 15) is 13.2 Å². The van der Waals surface area contributed by atoms with Gasteiger partial charge in [0.2, 0.25) is 5.91 Å². The van der Waals surface area contributed by atoms with E-state index in [1.165, 1.54) is 4.31 Å². The first-order valence-electron chi connectivity index (χ1n) is 9.59. The van der Waals surface area contributed by atoms with Gasteiger partial charge in [-0.05, 0) is 53.9 Å². The van der Waals surface area contributed by atoms with Crippen molar-refractivity contribution in [2.45, 2.75) is 24.7 Å². The Morgan fingerprint density at radius 2 is 1.70 bits per heavy atom. The Morgan fingerprint density at radius 1 is 1.00 bits per heavy atom. The Kier molecular flexibility index (Phi) is 5.42. The molecule has 30 heavy (non-hydrogen) atoms. The minimum Gasteiger partial charge on any atom is -0.325 e. The van der Waals surface area contributed by atoms with Crippen LogP contribution in [0, 0.1) is 0 Å². The van der Waals surface area contributed by atoms with Gasteiger partial charge in [0.25, 0.3) is 10.0 Å². The predicted molar refractivity (Wildman–Crippen MR) is 123 cm³/mol. The Bertz CT molecular complexity index is 1220. The molecule has 1 aliphatic rings. The van der Waals surface area contributed by atoms with Crippen molar-refractivity contribution in [2.24, 2.45) is 0 Å². The fourth-order valence-corrected chi connectivity index (χ4v) is 5.46. The van der Waals surface area contributed by atoms with E-state index in [4.69, 9.17) is 0 Å². The van der Waals surface area contributed by atoms with E-state index in [0.29, 0.717) is 22.9 Å². The zero-order valence-electron chi connectivity index (χ0n) is 16.6. The summed E-state index contributed by atoms with van der Waals surface area (Å²) >= 11 is 3.36. The molecule has 0 fully saturated rings. The number of benzene rings is 3. The Hall–Kier alpha value is -2.64. The number of nitrogens with one attached hydrogen (secondary N) is 1. The van der Waals surface area contributed by atoms with Gasteiger partial charge < -0.3 is 5.32 Å². The summed E-state index contributed by atoms with van der Waals surface area (Å²) in [6.07, 6.45) is 0. The molecule has 4 rings (SSSR count). The standard InChI is InChI=1S/C23H21BrN2O3S/c1-15(2)16-7-12-21-20(13-16)19-5-3-4-6-22(19)30(28,29)26(21)14-23(27)25-18-10-8-17(24)9-11-18/h3-13,15H,14H2,1-2H3,(H,25,27). The lowest BCUT2D eigenvalue weighted by atomic mass is 9.95. The maximum Gasteiger partial charge on any atom is 0.265 e. The number of sulfonamides is 1. The smallest absolute Gasteiger partial charge is 0.265 e. The maximum absolute atomic E-state index is 13.4. The van der Waals surface area contributed by atoms with Crippen LogP contribution in [-0.4, -0.2) is 20.9 Å². The average Bonchev–Trinajstić information content (AvgIpc) is 2.72. The zero-order chi connectivity index (χ0) is 21.5. The van der Waals surface area contributed by atoms with E-state index in [-0.39, 0.29) is 11.4 Å². The predicted octanol–water partition coefficient (Wildman–Crippen LogP) is 5.39. The minimum atomic E-state index is -3.86. The molecular weight excluding hydrogens is 464 g/mol. The molecule has 0 aliphatic carbocycles. The molecule has 7 heteroatoms. The van der Waals surface area contributed by atoms with Gasteiger partial charge in [-0.2, -0.15) is 0 Å². The summed E-state index contributed by atoms with van der Waals surface area (Å²) in [6, 6.07) is 19.8. The number of carbonyl (C=O) groups is 1. The lowest BCUT2D eigenvalue weighted by Gasteiger charge is -2.32. The molecule has 0 saturated carbocycles. The van der Waals surface area contributed by atoms with Gasteiger partial charge in [-0.25, -0.2) is 8.42 Å². The zero-order valence-corrected chi connectivity index (χ0v) is 19.0. The second-order valence-electron chi connectivity index (χ2n) is 7.49. The molecule has 0 radical (unpaired) electrons. The molecule has 1 N–H and O–H groups in total. The molecule has 1 amide bonds. The third kappa shape index (κ3) is 3.75. The quantitative estimate of drug-likeness (QED) is 0.539. The van der Waals surface area contributed by atoms with Crippen LogP contribution in [0.4, 0.5) is 11.4 Å². The molecule has 3 aromatic rings. The van der Waals surface area contributed by atoms with Crippen molar-refractivity contribution >= 4 is 43.2 Å². The average molecular weight is 485 g/mol. The molecule has 0 aromatic heterocycles. The van der Waals surface area contributed by atoms with Crippen molar-refractivity contribution in [3.63, 3.8) is 0 Å². The second kappa shape index (κ2) is 7.89. The molecule has 0 spiro atoms. The van der Waals surface area contributed by atoms with Crippen LogP contribution in [0.1, 0.15) is 25.3 Å². The van der Waals surface area contributed by atoms with Gasteiger partial charge in [-0.15, -0.1) is 0 Å². The van der Waals surface area contributed by atoms with Crippen molar-refractivity contribution in [1.29, 1.82) is 0 Å². The molecule has 5 nitrogen and oxygen atoms in total. The number of anilines is 2. The summed E-state index contributed by atoms with van der Waals surface area (Å²) in [7, 11) is -3.86. The third-order valence-corrected chi connectivity index (χ3v) is 7.46. The van der Waals surface area contributed by atoms with Gasteiger partial charge in [0.1, 0.15) is 6.54 Å². The first-order chi connectivity index (χ1) is 14.3. The highest BCUT2D eigenvalue weighted by Crippen LogP contribution is 2.43. The Labute approximate surface area is 184 Å². The normalized spacial score (nSPS) is 14.2. The lowest BCUT2D eigenvalue weighted by molar-refractivity contribution is -0.114. The Balaban J connectivity index is 1.74. The van der Waals surface area contributed by atoms with Gasteiger partial charge in [0.15, 0.2) is 0 Å². The molecule has 3 aromatic carbocycles. The number of fused-ring (bicyclic) bond motifs is 3. The van der Waals surface area contributed by atoms with Gasteiger partial charge >= 0.3 is 0 Å². The number of hydrogen-bond acceptors (Lipinski definition) is 3. The van der Waals surface area contributed by atoms with Crippen molar-refractivity contribution < 1.29 is 13.2 Å². The lowest BCUT2D eigenvalue weighted by Crippen LogP contribution is -2.40. The van der Waals surface area contributed by atoms with Crippen LogP contribution in [0.15, 0.2) is 76.1 Å². The van der Waals surface area contributed by atoms with Gasteiger partial charge in [-0.3, -0.25) is 9.10 Å². The van der Waals surface area contributed by atoms with Gasteiger partial charge in [0.05, 0.1) is 10.6 Å². The topological polar surface area (TPSA) is 66.5 Å². The summed E-state index contributed by atoms with van der Waals surface area (Å²) in [5, 5.41) is 2.77. The molecule has 0 bridgehead atoms. The number of hydrogen-bond donors (Lipinski definition) is 1. The van der Waals surface area contributed by atoms with Crippen molar-refractivity contribution in [2.75, 3.05) is 16.2 Å². The number of carbonyl (C=O) groups excluding carboxylic acids is 1. The molecule has 1 aliphatic heterocycles. The van der Waals surface area contributed by atoms with E-state index < -0.39 is 15.9 Å². The van der Waals surface area contributed by atoms with Crippen LogP contribution < -0.4 is 9.62 Å². The largest absolute Gasteiger partial charge is 0.325 e. The Morgan fingerprint density at radius 3 is 2.40 bits per heavy atom. The highest BCUT2D eigenvalue weighted by atomic mass is 79.9. The summed E-state index contributed by atoms with van der Waals surface area (Å²) in [5.41, 5.74) is 3.72. The van der Waals surface area contributed by atoms with E-state index in [2.05, 4.69) is 35.1 Å². The fraction of sp³-hybridized carbons (Fsp3) is 0.174. The molecule has 1 heterocycles. The molecule has 0 atom stereocenters. The van der Waals surface area contributed by atoms with E-state index in [0.717, 1.165) is 15.6 Å². The SMILES string of the molecule is CC(C)c1ccc2c(c1)-c1ccccc1S(=O)(=O)N2CC(=O)Nc1ccc(Br)cc1. The van der Waals surface area contributed by atoms with Crippen molar-refractivity contribution in [3.05, 3.63) is 76.8 Å². The minimum absolute atomic E-state index is 0.217. The molecule has 0 saturated heterocycles. The van der Waals surface area contributed by atoms with Crippen LogP contribution in [0.2, 0.25) is 0 Å². The number of halogens is 1. The van der Waals surface area contributed by atoms with E-state index >= 15 is 0 Å². The highest BCUT2D eigenvalue weighted by Gasteiger charge is 2.36. The fourth-order valence-electron chi connectivity index (χ4n) is 3.54. The maximum atomic E-state index is 13.4. The first-order valence-corrected chi connectivity index (χ1v) is 11.8. The van der Waals surface area contributed by atoms with Crippen LogP contribution in [0.25, 0.3) is 11.1 Å². The van der Waals surface area contributed by atoms with Gasteiger partial charge in [0, 0.05) is 21.3 Å². The molecular formula is C23H21BrN2O3S. The van der Waals surface area contributed by atoms with Crippen LogP contribution >= 0.6 is 15.9 Å². The monoisotopic (exact) mass is 484 g/mol. The highest BCUT2D eigenvalue weighted by molar-refractivity contribution is 9.10. The van der Waals surface area contributed by atoms with Crippen molar-refractivity contribution in [1.82, 2.24) is 0 Å². The summed E-state index contributed by atoms with van der Waals surface area (Å²) < 4.78 is 28.8. The number of rotatable bonds is 4. The third-order valence-electron chi connectivity index (χ3n) is 5.12. The molecule has 154 valence electrons. The number of amides is 1. The second-order valence-corrected chi connectivity index (χ2v) is 10.2. The van der Waals surface area contributed by atoms with Gasteiger partial charge in [-0.1, -0.05) is 54.0 Å². The molecule has 0 unspecified atom stereocenters. The van der Waals surface area contributed by atoms with Crippen LogP contribution in [0.5, 0.6) is 0 Å². The summed E-state index contributed by atoms with van der Waals surface area (Å²) in [6.45, 7) is 3.88. The van der Waals surface area contributed by atoms with Crippen LogP contribution in [0.3, 0.4) is 0 Å². The summed E-state index contributed by atoms with van der Waals surface area (Å²) in [4.78, 5) is 12.9. The first kappa shape index (κ1) is 20.6. The summed E-state index contributed by atoms with van der Waals surface area (Å²) in [5.74, 6) is -0.102. The van der Waals surface area contributed by atoms with Crippen molar-refractivity contribution in [3.8, 4) is 11.1 Å².